The summed E-state index contributed by atoms with van der Waals surface area (Å²) in [5, 5.41) is 12.9. The lowest BCUT2D eigenvalue weighted by Gasteiger charge is -2.16. The molecule has 3 rings (SSSR count). The van der Waals surface area contributed by atoms with E-state index in [4.69, 9.17) is 4.74 Å². The standard InChI is InChI=1S/C19H23N3O3/c1-25-18-9-14(7-8-16(18)15-10-21-22-11-15)19(24)20-12-17(23)13-5-3-2-4-6-13/h2-9,15,17,21-23H,10-12H2,1H3,(H,20,24)/t17-/m0/s1. The lowest BCUT2D eigenvalue weighted by atomic mass is 9.97. The van der Waals surface area contributed by atoms with Crippen LogP contribution in [-0.4, -0.2) is 37.8 Å². The number of amides is 1. The summed E-state index contributed by atoms with van der Waals surface area (Å²) in [4.78, 5) is 12.4. The van der Waals surface area contributed by atoms with Crippen LogP contribution in [0.15, 0.2) is 48.5 Å². The summed E-state index contributed by atoms with van der Waals surface area (Å²) in [5.41, 5.74) is 8.55. The van der Waals surface area contributed by atoms with Gasteiger partial charge in [-0.15, -0.1) is 0 Å². The number of ether oxygens (including phenoxy) is 1. The highest BCUT2D eigenvalue weighted by molar-refractivity contribution is 5.94. The van der Waals surface area contributed by atoms with Gasteiger partial charge in [-0.25, -0.2) is 0 Å². The van der Waals surface area contributed by atoms with Gasteiger partial charge in [0.15, 0.2) is 0 Å². The highest BCUT2D eigenvalue weighted by Gasteiger charge is 2.21. The van der Waals surface area contributed by atoms with E-state index in [1.54, 1.807) is 19.2 Å². The zero-order valence-electron chi connectivity index (χ0n) is 14.2. The number of aliphatic hydroxyl groups is 1. The maximum absolute atomic E-state index is 12.4. The molecule has 1 amide bonds. The van der Waals surface area contributed by atoms with Crippen molar-refractivity contribution in [1.29, 1.82) is 0 Å². The van der Waals surface area contributed by atoms with Crippen LogP contribution in [0.5, 0.6) is 5.75 Å². The minimum absolute atomic E-state index is 0.156. The third-order valence-electron chi connectivity index (χ3n) is 4.40. The Morgan fingerprint density at radius 2 is 1.96 bits per heavy atom. The molecule has 1 aliphatic rings. The molecule has 0 radical (unpaired) electrons. The van der Waals surface area contributed by atoms with Gasteiger partial charge in [0.1, 0.15) is 5.75 Å². The Morgan fingerprint density at radius 1 is 1.24 bits per heavy atom. The van der Waals surface area contributed by atoms with Crippen LogP contribution in [0.25, 0.3) is 0 Å². The molecule has 0 spiro atoms. The van der Waals surface area contributed by atoms with Crippen LogP contribution in [0.3, 0.4) is 0 Å². The number of benzene rings is 2. The van der Waals surface area contributed by atoms with E-state index in [1.807, 2.05) is 36.4 Å². The van der Waals surface area contributed by atoms with E-state index in [0.717, 1.165) is 24.2 Å². The number of carbonyl (C=O) groups excluding carboxylic acids is 1. The summed E-state index contributed by atoms with van der Waals surface area (Å²) < 4.78 is 5.46. The summed E-state index contributed by atoms with van der Waals surface area (Å²) in [6.07, 6.45) is -0.734. The van der Waals surface area contributed by atoms with Crippen LogP contribution in [-0.2, 0) is 0 Å². The van der Waals surface area contributed by atoms with Crippen molar-refractivity contribution >= 4 is 5.91 Å². The van der Waals surface area contributed by atoms with Gasteiger partial charge in [-0.3, -0.25) is 15.6 Å². The first kappa shape index (κ1) is 17.4. The van der Waals surface area contributed by atoms with Crippen molar-refractivity contribution in [2.24, 2.45) is 0 Å². The molecule has 2 aromatic carbocycles. The molecular weight excluding hydrogens is 318 g/mol. The van der Waals surface area contributed by atoms with E-state index in [1.165, 1.54) is 0 Å². The molecule has 1 aliphatic heterocycles. The van der Waals surface area contributed by atoms with E-state index < -0.39 is 6.10 Å². The number of hydrogen-bond donors (Lipinski definition) is 4. The first-order valence-corrected chi connectivity index (χ1v) is 8.34. The molecule has 6 heteroatoms. The Hall–Kier alpha value is -2.41. The summed E-state index contributed by atoms with van der Waals surface area (Å²) in [6, 6.07) is 14.7. The molecule has 1 heterocycles. The minimum atomic E-state index is -0.734. The van der Waals surface area contributed by atoms with Crippen LogP contribution in [0.2, 0.25) is 0 Å². The Morgan fingerprint density at radius 3 is 2.64 bits per heavy atom. The molecule has 0 aliphatic carbocycles. The fourth-order valence-corrected chi connectivity index (χ4v) is 2.96. The molecule has 25 heavy (non-hydrogen) atoms. The van der Waals surface area contributed by atoms with Crippen molar-refractivity contribution in [3.8, 4) is 5.75 Å². The zero-order chi connectivity index (χ0) is 17.6. The van der Waals surface area contributed by atoms with Crippen LogP contribution >= 0.6 is 0 Å². The van der Waals surface area contributed by atoms with Crippen molar-refractivity contribution in [2.75, 3.05) is 26.7 Å². The Balaban J connectivity index is 1.65. The summed E-state index contributed by atoms with van der Waals surface area (Å²) in [6.45, 7) is 1.81. The number of carbonyl (C=O) groups is 1. The maximum atomic E-state index is 12.4. The zero-order valence-corrected chi connectivity index (χ0v) is 14.2. The van der Waals surface area contributed by atoms with Crippen LogP contribution in [0.1, 0.15) is 33.5 Å². The first-order valence-electron chi connectivity index (χ1n) is 8.34. The van der Waals surface area contributed by atoms with Crippen molar-refractivity contribution in [3.05, 3.63) is 65.2 Å². The number of nitrogens with one attached hydrogen (secondary N) is 3. The second kappa shape index (κ2) is 8.11. The molecule has 0 aromatic heterocycles. The van der Waals surface area contributed by atoms with Gasteiger partial charge in [0, 0.05) is 31.1 Å². The van der Waals surface area contributed by atoms with Gasteiger partial charge < -0.3 is 15.2 Å². The van der Waals surface area contributed by atoms with Gasteiger partial charge in [-0.1, -0.05) is 36.4 Å². The highest BCUT2D eigenvalue weighted by atomic mass is 16.5. The number of methoxy groups -OCH3 is 1. The number of rotatable bonds is 6. The van der Waals surface area contributed by atoms with E-state index in [9.17, 15) is 9.90 Å². The fraction of sp³-hybridized carbons (Fsp3) is 0.316. The van der Waals surface area contributed by atoms with E-state index in [2.05, 4.69) is 16.2 Å². The van der Waals surface area contributed by atoms with Gasteiger partial charge in [-0.05, 0) is 23.3 Å². The third kappa shape index (κ3) is 4.17. The monoisotopic (exact) mass is 341 g/mol. The Labute approximate surface area is 147 Å². The van der Waals surface area contributed by atoms with E-state index in [-0.39, 0.29) is 12.5 Å². The van der Waals surface area contributed by atoms with Crippen molar-refractivity contribution < 1.29 is 14.6 Å². The smallest absolute Gasteiger partial charge is 0.251 e. The quantitative estimate of drug-likeness (QED) is 0.638. The second-order valence-electron chi connectivity index (χ2n) is 6.05. The molecular formula is C19H23N3O3. The molecule has 2 aromatic rings. The lowest BCUT2D eigenvalue weighted by molar-refractivity contribution is 0.0916. The number of hydrogen-bond acceptors (Lipinski definition) is 5. The number of aliphatic hydroxyl groups excluding tert-OH is 1. The lowest BCUT2D eigenvalue weighted by Crippen LogP contribution is -2.28. The summed E-state index contributed by atoms with van der Waals surface area (Å²) >= 11 is 0. The van der Waals surface area contributed by atoms with Gasteiger partial charge in [0.2, 0.25) is 0 Å². The van der Waals surface area contributed by atoms with Gasteiger partial charge >= 0.3 is 0 Å². The second-order valence-corrected chi connectivity index (χ2v) is 6.05. The Kier molecular flexibility index (Phi) is 5.65. The molecule has 1 saturated heterocycles. The summed E-state index contributed by atoms with van der Waals surface area (Å²) in [5.74, 6) is 0.779. The Bertz CT molecular complexity index is 715. The van der Waals surface area contributed by atoms with Crippen LogP contribution in [0, 0.1) is 0 Å². The molecule has 1 atom stereocenters. The van der Waals surface area contributed by atoms with Crippen molar-refractivity contribution in [3.63, 3.8) is 0 Å². The van der Waals surface area contributed by atoms with Crippen molar-refractivity contribution in [1.82, 2.24) is 16.2 Å². The predicted molar refractivity (Wildman–Crippen MR) is 95.5 cm³/mol. The maximum Gasteiger partial charge on any atom is 0.251 e. The number of hydrazine groups is 1. The molecule has 132 valence electrons. The minimum Gasteiger partial charge on any atom is -0.496 e. The SMILES string of the molecule is COc1cc(C(=O)NC[C@H](O)c2ccccc2)ccc1C1CNNC1. The molecule has 6 nitrogen and oxygen atoms in total. The topological polar surface area (TPSA) is 82.6 Å². The molecule has 1 fully saturated rings. The van der Waals surface area contributed by atoms with Crippen LogP contribution < -0.4 is 20.9 Å². The predicted octanol–water partition coefficient (Wildman–Crippen LogP) is 1.35. The van der Waals surface area contributed by atoms with E-state index >= 15 is 0 Å². The van der Waals surface area contributed by atoms with Crippen LogP contribution in [0.4, 0.5) is 0 Å². The van der Waals surface area contributed by atoms with Gasteiger partial charge in [0.05, 0.1) is 13.2 Å². The molecule has 0 saturated carbocycles. The highest BCUT2D eigenvalue weighted by Crippen LogP contribution is 2.28. The van der Waals surface area contributed by atoms with Gasteiger partial charge in [-0.2, -0.15) is 0 Å². The average Bonchev–Trinajstić information content (AvgIpc) is 3.20. The normalized spacial score (nSPS) is 15.8. The third-order valence-corrected chi connectivity index (χ3v) is 4.40. The summed E-state index contributed by atoms with van der Waals surface area (Å²) in [7, 11) is 1.61. The molecule has 4 N–H and O–H groups in total. The van der Waals surface area contributed by atoms with E-state index in [0.29, 0.717) is 17.2 Å². The van der Waals surface area contributed by atoms with Gasteiger partial charge in [0.25, 0.3) is 5.91 Å². The van der Waals surface area contributed by atoms with Crippen molar-refractivity contribution in [2.45, 2.75) is 12.0 Å². The average molecular weight is 341 g/mol. The molecule has 0 unspecified atom stereocenters. The first-order chi connectivity index (χ1) is 12.2. The molecule has 0 bridgehead atoms. The largest absolute Gasteiger partial charge is 0.496 e. The fourth-order valence-electron chi connectivity index (χ4n) is 2.96.